The molecule has 0 spiro atoms. The third-order valence-electron chi connectivity index (χ3n) is 6.89. The predicted octanol–water partition coefficient (Wildman–Crippen LogP) is 6.10. The molecule has 2 aliphatic rings. The largest absolute Gasteiger partial charge is 0.497 e. The van der Waals surface area contributed by atoms with Gasteiger partial charge in [-0.2, -0.15) is 0 Å². The number of hydrogen-bond donors (Lipinski definition) is 0. The number of rotatable bonds is 5. The van der Waals surface area contributed by atoms with Gasteiger partial charge in [-0.3, -0.25) is 4.90 Å². The van der Waals surface area contributed by atoms with Crippen LogP contribution in [0.1, 0.15) is 19.4 Å². The lowest BCUT2D eigenvalue weighted by atomic mass is 9.98. The molecule has 0 aliphatic carbocycles. The van der Waals surface area contributed by atoms with Gasteiger partial charge in [0.2, 0.25) is 0 Å². The molecule has 3 aromatic rings. The van der Waals surface area contributed by atoms with Gasteiger partial charge < -0.3 is 14.5 Å². The van der Waals surface area contributed by atoms with E-state index in [4.69, 9.17) is 4.74 Å². The van der Waals surface area contributed by atoms with E-state index in [1.165, 1.54) is 33.8 Å². The van der Waals surface area contributed by atoms with Crippen LogP contribution in [-0.2, 0) is 6.42 Å². The molecule has 5 rings (SSSR count). The van der Waals surface area contributed by atoms with Crippen molar-refractivity contribution in [1.82, 2.24) is 4.90 Å². The Morgan fingerprint density at radius 1 is 0.758 bits per heavy atom. The number of piperazine rings is 1. The highest BCUT2D eigenvalue weighted by atomic mass is 16.5. The molecule has 170 valence electrons. The Balaban J connectivity index is 1.33. The molecule has 0 bridgehead atoms. The van der Waals surface area contributed by atoms with Crippen molar-refractivity contribution < 1.29 is 4.74 Å². The summed E-state index contributed by atoms with van der Waals surface area (Å²) in [5, 5.41) is 0. The Morgan fingerprint density at radius 2 is 1.42 bits per heavy atom. The zero-order valence-electron chi connectivity index (χ0n) is 19.9. The van der Waals surface area contributed by atoms with E-state index in [1.807, 2.05) is 12.1 Å². The number of anilines is 3. The number of ether oxygens (including phenoxy) is 1. The first kappa shape index (κ1) is 21.6. The minimum absolute atomic E-state index is 0.630. The smallest absolute Gasteiger partial charge is 0.118 e. The Hall–Kier alpha value is -3.24. The Labute approximate surface area is 197 Å². The quantitative estimate of drug-likeness (QED) is 0.478. The summed E-state index contributed by atoms with van der Waals surface area (Å²) in [5.74, 6) is 0.885. The van der Waals surface area contributed by atoms with Crippen LogP contribution in [0.25, 0.3) is 11.1 Å². The van der Waals surface area contributed by atoms with Gasteiger partial charge in [-0.25, -0.2) is 0 Å². The van der Waals surface area contributed by atoms with Crippen LogP contribution in [0.5, 0.6) is 5.75 Å². The second-order valence-corrected chi connectivity index (χ2v) is 9.16. The fraction of sp³-hybridized carbons (Fsp3) is 0.310. The number of nitrogens with zero attached hydrogens (tertiary/aromatic N) is 3. The summed E-state index contributed by atoms with van der Waals surface area (Å²) in [6, 6.07) is 24.7. The molecule has 1 saturated heterocycles. The summed E-state index contributed by atoms with van der Waals surface area (Å²) in [5.41, 5.74) is 7.57. The van der Waals surface area contributed by atoms with E-state index < -0.39 is 0 Å². The minimum Gasteiger partial charge on any atom is -0.497 e. The average molecular weight is 440 g/mol. The summed E-state index contributed by atoms with van der Waals surface area (Å²) < 4.78 is 5.30. The number of fused-ring (bicyclic) bond motifs is 1. The molecule has 0 unspecified atom stereocenters. The summed E-state index contributed by atoms with van der Waals surface area (Å²) in [6.45, 7) is 9.04. The molecular formula is C29H33N3O. The molecule has 4 nitrogen and oxygen atoms in total. The van der Waals surface area contributed by atoms with Crippen LogP contribution >= 0.6 is 0 Å². The first-order valence-electron chi connectivity index (χ1n) is 11.9. The lowest BCUT2D eigenvalue weighted by Gasteiger charge is -2.38. The molecule has 0 saturated carbocycles. The highest BCUT2D eigenvalue weighted by Crippen LogP contribution is 2.36. The normalized spacial score (nSPS) is 16.2. The van der Waals surface area contributed by atoms with E-state index in [1.54, 1.807) is 7.11 Å². The maximum absolute atomic E-state index is 5.30. The second-order valence-electron chi connectivity index (χ2n) is 9.16. The molecule has 0 radical (unpaired) electrons. The third kappa shape index (κ3) is 4.49. The summed E-state index contributed by atoms with van der Waals surface area (Å²) in [4.78, 5) is 7.36. The van der Waals surface area contributed by atoms with Crippen molar-refractivity contribution >= 4 is 17.1 Å². The van der Waals surface area contributed by atoms with Crippen molar-refractivity contribution in [2.45, 2.75) is 26.3 Å². The summed E-state index contributed by atoms with van der Waals surface area (Å²) in [7, 11) is 1.70. The van der Waals surface area contributed by atoms with Crippen molar-refractivity contribution in [3.05, 3.63) is 84.6 Å². The number of benzene rings is 3. The zero-order chi connectivity index (χ0) is 22.8. The summed E-state index contributed by atoms with van der Waals surface area (Å²) in [6.07, 6.45) is 5.40. The molecule has 1 fully saturated rings. The molecule has 2 aliphatic heterocycles. The molecule has 0 N–H and O–H groups in total. The molecule has 0 aromatic heterocycles. The molecule has 0 atom stereocenters. The maximum atomic E-state index is 5.30. The first-order valence-corrected chi connectivity index (χ1v) is 11.9. The Kier molecular flexibility index (Phi) is 6.10. The highest BCUT2D eigenvalue weighted by Gasteiger charge is 2.20. The lowest BCUT2D eigenvalue weighted by Crippen LogP contribution is -2.48. The van der Waals surface area contributed by atoms with Crippen LogP contribution in [0.2, 0.25) is 0 Å². The van der Waals surface area contributed by atoms with Gasteiger partial charge in [0, 0.05) is 55.5 Å². The molecular weight excluding hydrogens is 406 g/mol. The van der Waals surface area contributed by atoms with Gasteiger partial charge in [0.05, 0.1) is 7.11 Å². The van der Waals surface area contributed by atoms with Gasteiger partial charge in [0.1, 0.15) is 5.75 Å². The molecule has 2 heterocycles. The zero-order valence-corrected chi connectivity index (χ0v) is 19.9. The van der Waals surface area contributed by atoms with Crippen molar-refractivity contribution in [3.8, 4) is 16.9 Å². The van der Waals surface area contributed by atoms with E-state index in [9.17, 15) is 0 Å². The number of hydrogen-bond acceptors (Lipinski definition) is 4. The minimum atomic E-state index is 0.630. The van der Waals surface area contributed by atoms with E-state index >= 15 is 0 Å². The number of allylic oxidation sites excluding steroid dienone is 1. The van der Waals surface area contributed by atoms with Gasteiger partial charge in [0.15, 0.2) is 0 Å². The van der Waals surface area contributed by atoms with E-state index in [0.29, 0.717) is 6.04 Å². The van der Waals surface area contributed by atoms with Gasteiger partial charge in [-0.1, -0.05) is 24.3 Å². The topological polar surface area (TPSA) is 19.0 Å². The standard InChI is InChI=1S/C29H33N3O/c1-22(2)30-17-19-31(20-18-30)26-9-11-27(12-10-26)32-16-4-5-25-21-24(8-15-29(25)32)23-6-13-28(33-3)14-7-23/h4,6-16,21-22H,5,17-20H2,1-3H3. The SMILES string of the molecule is COc1ccc(-c2ccc3c(c2)CC=CN3c2ccc(N3CCN(C(C)C)CC3)cc2)cc1. The summed E-state index contributed by atoms with van der Waals surface area (Å²) >= 11 is 0. The third-order valence-corrected chi connectivity index (χ3v) is 6.89. The van der Waals surface area contributed by atoms with Crippen molar-refractivity contribution in [1.29, 1.82) is 0 Å². The number of methoxy groups -OCH3 is 1. The van der Waals surface area contributed by atoms with Crippen molar-refractivity contribution in [3.63, 3.8) is 0 Å². The second kappa shape index (κ2) is 9.32. The van der Waals surface area contributed by atoms with Crippen molar-refractivity contribution in [2.75, 3.05) is 43.1 Å². The Bertz CT molecular complexity index is 1110. The van der Waals surface area contributed by atoms with Crippen molar-refractivity contribution in [2.24, 2.45) is 0 Å². The van der Waals surface area contributed by atoms with Crippen LogP contribution in [0.15, 0.2) is 79.0 Å². The highest BCUT2D eigenvalue weighted by molar-refractivity contribution is 5.76. The van der Waals surface area contributed by atoms with Crippen LogP contribution < -0.4 is 14.5 Å². The Morgan fingerprint density at radius 3 is 2.09 bits per heavy atom. The predicted molar refractivity (Wildman–Crippen MR) is 139 cm³/mol. The van der Waals surface area contributed by atoms with Gasteiger partial charge in [-0.05, 0) is 85.5 Å². The van der Waals surface area contributed by atoms with Gasteiger partial charge >= 0.3 is 0 Å². The maximum Gasteiger partial charge on any atom is 0.118 e. The average Bonchev–Trinajstić information content (AvgIpc) is 2.88. The lowest BCUT2D eigenvalue weighted by molar-refractivity contribution is 0.209. The fourth-order valence-corrected chi connectivity index (χ4v) is 4.86. The molecule has 3 aromatic carbocycles. The molecule has 4 heteroatoms. The fourth-order valence-electron chi connectivity index (χ4n) is 4.86. The van der Waals surface area contributed by atoms with E-state index in [2.05, 4.69) is 95.4 Å². The van der Waals surface area contributed by atoms with Crippen LogP contribution in [-0.4, -0.2) is 44.2 Å². The van der Waals surface area contributed by atoms with E-state index in [0.717, 1.165) is 38.3 Å². The van der Waals surface area contributed by atoms with Crippen LogP contribution in [0.3, 0.4) is 0 Å². The van der Waals surface area contributed by atoms with Gasteiger partial charge in [-0.15, -0.1) is 0 Å². The monoisotopic (exact) mass is 439 g/mol. The molecule has 33 heavy (non-hydrogen) atoms. The molecule has 0 amide bonds. The van der Waals surface area contributed by atoms with Gasteiger partial charge in [0.25, 0.3) is 0 Å². The first-order chi connectivity index (χ1) is 16.1. The van der Waals surface area contributed by atoms with Crippen LogP contribution in [0.4, 0.5) is 17.1 Å². The van der Waals surface area contributed by atoms with Crippen LogP contribution in [0, 0.1) is 0 Å². The van der Waals surface area contributed by atoms with E-state index in [-0.39, 0.29) is 0 Å².